The summed E-state index contributed by atoms with van der Waals surface area (Å²) < 4.78 is 10.7. The Labute approximate surface area is 97.7 Å². The summed E-state index contributed by atoms with van der Waals surface area (Å²) in [6.07, 6.45) is 4.34. The van der Waals surface area contributed by atoms with E-state index in [2.05, 4.69) is 13.0 Å². The van der Waals surface area contributed by atoms with E-state index in [1.807, 2.05) is 0 Å². The van der Waals surface area contributed by atoms with Crippen molar-refractivity contribution in [3.8, 4) is 6.07 Å². The zero-order chi connectivity index (χ0) is 11.9. The summed E-state index contributed by atoms with van der Waals surface area (Å²) in [4.78, 5) is 0. The number of nitrogens with zero attached hydrogens (tertiary/aromatic N) is 1. The van der Waals surface area contributed by atoms with Gasteiger partial charge >= 0.3 is 0 Å². The molecule has 4 heteroatoms. The van der Waals surface area contributed by atoms with E-state index in [0.717, 1.165) is 32.3 Å². The molecule has 0 bridgehead atoms. The van der Waals surface area contributed by atoms with Crippen LogP contribution in [0.25, 0.3) is 0 Å². The molecule has 1 aliphatic rings. The molecule has 1 saturated carbocycles. The van der Waals surface area contributed by atoms with Gasteiger partial charge in [0.1, 0.15) is 5.54 Å². The molecule has 0 aromatic carbocycles. The van der Waals surface area contributed by atoms with Crippen molar-refractivity contribution >= 4 is 0 Å². The van der Waals surface area contributed by atoms with Crippen LogP contribution in [-0.2, 0) is 9.47 Å². The fourth-order valence-corrected chi connectivity index (χ4v) is 1.55. The van der Waals surface area contributed by atoms with Gasteiger partial charge in [-0.3, -0.25) is 0 Å². The second-order valence-corrected chi connectivity index (χ2v) is 4.44. The van der Waals surface area contributed by atoms with Crippen molar-refractivity contribution in [3.63, 3.8) is 0 Å². The molecule has 0 amide bonds. The lowest BCUT2D eigenvalue weighted by molar-refractivity contribution is 0.0313. The Bertz CT molecular complexity index is 236. The van der Waals surface area contributed by atoms with Gasteiger partial charge in [-0.15, -0.1) is 0 Å². The molecule has 0 aromatic heterocycles. The Hall–Kier alpha value is -0.630. The second-order valence-electron chi connectivity index (χ2n) is 4.44. The van der Waals surface area contributed by atoms with Gasteiger partial charge < -0.3 is 15.2 Å². The fraction of sp³-hybridized carbons (Fsp3) is 0.917. The number of rotatable bonds is 9. The van der Waals surface area contributed by atoms with Crippen LogP contribution in [0.1, 0.15) is 32.6 Å². The van der Waals surface area contributed by atoms with Crippen LogP contribution in [0.4, 0.5) is 0 Å². The molecule has 92 valence electrons. The molecular weight excluding hydrogens is 204 g/mol. The van der Waals surface area contributed by atoms with Gasteiger partial charge in [0.15, 0.2) is 0 Å². The second kappa shape index (κ2) is 6.85. The number of hydrogen-bond acceptors (Lipinski definition) is 4. The minimum absolute atomic E-state index is 0.325. The first-order chi connectivity index (χ1) is 7.73. The van der Waals surface area contributed by atoms with Crippen LogP contribution < -0.4 is 5.73 Å². The number of unbranched alkanes of at least 4 members (excludes halogenated alkanes) is 1. The van der Waals surface area contributed by atoms with Crippen LogP contribution >= 0.6 is 0 Å². The van der Waals surface area contributed by atoms with Crippen molar-refractivity contribution in [1.82, 2.24) is 0 Å². The molecule has 1 rings (SSSR count). The van der Waals surface area contributed by atoms with Crippen LogP contribution in [-0.4, -0.2) is 32.0 Å². The van der Waals surface area contributed by atoms with Crippen molar-refractivity contribution in [2.75, 3.05) is 26.4 Å². The zero-order valence-corrected chi connectivity index (χ0v) is 10.1. The average molecular weight is 226 g/mol. The van der Waals surface area contributed by atoms with Crippen LogP contribution in [0, 0.1) is 17.2 Å². The van der Waals surface area contributed by atoms with Crippen molar-refractivity contribution in [3.05, 3.63) is 0 Å². The number of nitriles is 1. The number of hydrogen-bond donors (Lipinski definition) is 1. The minimum Gasteiger partial charge on any atom is -0.379 e. The van der Waals surface area contributed by atoms with Gasteiger partial charge in [0, 0.05) is 6.61 Å². The maximum absolute atomic E-state index is 8.98. The van der Waals surface area contributed by atoms with E-state index in [1.54, 1.807) is 0 Å². The Morgan fingerprint density at radius 1 is 1.31 bits per heavy atom. The van der Waals surface area contributed by atoms with Crippen molar-refractivity contribution in [2.45, 2.75) is 38.1 Å². The van der Waals surface area contributed by atoms with Crippen LogP contribution in [0.2, 0.25) is 0 Å². The van der Waals surface area contributed by atoms with Crippen LogP contribution in [0.3, 0.4) is 0 Å². The van der Waals surface area contributed by atoms with Gasteiger partial charge in [-0.05, 0) is 25.2 Å². The lowest BCUT2D eigenvalue weighted by atomic mass is 9.98. The largest absolute Gasteiger partial charge is 0.379 e. The standard InChI is InChI=1S/C12H22N2O2/c1-2-3-6-15-7-8-16-10-12(14,9-13)11-4-5-11/h11H,2-8,10,14H2,1H3. The van der Waals surface area contributed by atoms with Gasteiger partial charge in [-0.1, -0.05) is 13.3 Å². The zero-order valence-electron chi connectivity index (χ0n) is 10.1. The first kappa shape index (κ1) is 13.4. The smallest absolute Gasteiger partial charge is 0.130 e. The van der Waals surface area contributed by atoms with Crippen molar-refractivity contribution in [1.29, 1.82) is 5.26 Å². The third-order valence-electron chi connectivity index (χ3n) is 2.87. The summed E-state index contributed by atoms with van der Waals surface area (Å²) in [5.41, 5.74) is 5.16. The van der Waals surface area contributed by atoms with Crippen molar-refractivity contribution < 1.29 is 9.47 Å². The monoisotopic (exact) mass is 226 g/mol. The molecule has 0 radical (unpaired) electrons. The minimum atomic E-state index is -0.774. The topological polar surface area (TPSA) is 68.3 Å². The molecule has 2 N–H and O–H groups in total. The SMILES string of the molecule is CCCCOCCOCC(N)(C#N)C1CC1. The summed E-state index contributed by atoms with van der Waals surface area (Å²) in [6, 6.07) is 2.16. The summed E-state index contributed by atoms with van der Waals surface area (Å²) in [6.45, 7) is 4.36. The molecule has 0 spiro atoms. The Morgan fingerprint density at radius 3 is 2.56 bits per heavy atom. The highest BCUT2D eigenvalue weighted by Crippen LogP contribution is 2.37. The van der Waals surface area contributed by atoms with Gasteiger partial charge in [0.05, 0.1) is 25.9 Å². The van der Waals surface area contributed by atoms with E-state index in [0.29, 0.717) is 25.7 Å². The average Bonchev–Trinajstić information content (AvgIpc) is 3.12. The van der Waals surface area contributed by atoms with Gasteiger partial charge in [0.25, 0.3) is 0 Å². The maximum Gasteiger partial charge on any atom is 0.130 e. The first-order valence-corrected chi connectivity index (χ1v) is 6.08. The van der Waals surface area contributed by atoms with Crippen LogP contribution in [0.5, 0.6) is 0 Å². The molecule has 0 saturated heterocycles. The van der Waals surface area contributed by atoms with Crippen molar-refractivity contribution in [2.24, 2.45) is 11.7 Å². The highest BCUT2D eigenvalue weighted by Gasteiger charge is 2.42. The highest BCUT2D eigenvalue weighted by molar-refractivity contribution is 5.13. The third-order valence-corrected chi connectivity index (χ3v) is 2.87. The van der Waals surface area contributed by atoms with Gasteiger partial charge in [-0.2, -0.15) is 5.26 Å². The highest BCUT2D eigenvalue weighted by atomic mass is 16.5. The maximum atomic E-state index is 8.98. The molecular formula is C12H22N2O2. The summed E-state index contributed by atoms with van der Waals surface area (Å²) >= 11 is 0. The molecule has 1 unspecified atom stereocenters. The molecule has 4 nitrogen and oxygen atoms in total. The quantitative estimate of drug-likeness (QED) is 0.604. The van der Waals surface area contributed by atoms with Gasteiger partial charge in [0.2, 0.25) is 0 Å². The molecule has 16 heavy (non-hydrogen) atoms. The molecule has 0 aliphatic heterocycles. The predicted octanol–water partition coefficient (Wildman–Crippen LogP) is 1.45. The molecule has 1 fully saturated rings. The van der Waals surface area contributed by atoms with Gasteiger partial charge in [-0.25, -0.2) is 0 Å². The van der Waals surface area contributed by atoms with E-state index in [4.69, 9.17) is 20.5 Å². The van der Waals surface area contributed by atoms with E-state index >= 15 is 0 Å². The lowest BCUT2D eigenvalue weighted by Gasteiger charge is -2.20. The number of nitrogens with two attached hydrogens (primary N) is 1. The molecule has 0 heterocycles. The summed E-state index contributed by atoms with van der Waals surface area (Å²) in [5, 5.41) is 8.98. The number of ether oxygens (including phenoxy) is 2. The first-order valence-electron chi connectivity index (χ1n) is 6.08. The van der Waals surface area contributed by atoms with E-state index < -0.39 is 5.54 Å². The fourth-order valence-electron chi connectivity index (χ4n) is 1.55. The molecule has 0 aromatic rings. The Morgan fingerprint density at radius 2 is 2.00 bits per heavy atom. The molecule has 1 aliphatic carbocycles. The lowest BCUT2D eigenvalue weighted by Crippen LogP contribution is -2.45. The Kier molecular flexibility index (Phi) is 5.75. The van der Waals surface area contributed by atoms with E-state index in [1.165, 1.54) is 0 Å². The molecule has 1 atom stereocenters. The summed E-state index contributed by atoms with van der Waals surface area (Å²) in [5.74, 6) is 0.332. The third kappa shape index (κ3) is 4.48. The predicted molar refractivity (Wildman–Crippen MR) is 61.8 cm³/mol. The summed E-state index contributed by atoms with van der Waals surface area (Å²) in [7, 11) is 0. The van der Waals surface area contributed by atoms with E-state index in [-0.39, 0.29) is 0 Å². The normalized spacial score (nSPS) is 19.1. The Balaban J connectivity index is 1.99. The van der Waals surface area contributed by atoms with Crippen LogP contribution in [0.15, 0.2) is 0 Å². The van der Waals surface area contributed by atoms with E-state index in [9.17, 15) is 0 Å².